The van der Waals surface area contributed by atoms with E-state index < -0.39 is 0 Å². The van der Waals surface area contributed by atoms with Crippen molar-refractivity contribution >= 4 is 12.6 Å². The number of rotatable bonds is 6. The van der Waals surface area contributed by atoms with Crippen molar-refractivity contribution in [3.63, 3.8) is 0 Å². The third kappa shape index (κ3) is 3.46. The molecule has 0 radical (unpaired) electrons. The summed E-state index contributed by atoms with van der Waals surface area (Å²) < 4.78 is 0. The van der Waals surface area contributed by atoms with Crippen LogP contribution in [0.25, 0.3) is 0 Å². The van der Waals surface area contributed by atoms with Gasteiger partial charge >= 0.3 is 0 Å². The molecule has 94 valence electrons. The highest BCUT2D eigenvalue weighted by Crippen LogP contribution is 2.42. The molecule has 0 spiro atoms. The summed E-state index contributed by atoms with van der Waals surface area (Å²) in [6.45, 7) is 2.32. The Morgan fingerprint density at radius 3 is 2.59 bits per heavy atom. The quantitative estimate of drug-likeness (QED) is 0.781. The summed E-state index contributed by atoms with van der Waals surface area (Å²) >= 11 is 4.51. The average Bonchev–Trinajstić information content (AvgIpc) is 2.33. The van der Waals surface area contributed by atoms with Crippen LogP contribution in [-0.4, -0.2) is 35.8 Å². The fraction of sp³-hybridized carbons (Fsp3) is 0.643. The molecule has 1 heterocycles. The number of pyridine rings is 1. The zero-order valence-electron chi connectivity index (χ0n) is 10.6. The average molecular weight is 250 g/mol. The van der Waals surface area contributed by atoms with Crippen LogP contribution in [0.3, 0.4) is 0 Å². The largest absolute Gasteiger partial charge is 0.305 e. The van der Waals surface area contributed by atoms with E-state index in [9.17, 15) is 0 Å². The molecule has 1 saturated carbocycles. The van der Waals surface area contributed by atoms with Crippen LogP contribution < -0.4 is 0 Å². The van der Waals surface area contributed by atoms with Crippen molar-refractivity contribution in [2.75, 3.05) is 25.9 Å². The van der Waals surface area contributed by atoms with Gasteiger partial charge in [0, 0.05) is 25.5 Å². The number of hydrogen-bond acceptors (Lipinski definition) is 3. The smallest absolute Gasteiger partial charge is 0.0270 e. The summed E-state index contributed by atoms with van der Waals surface area (Å²) in [5, 5.41) is 0. The molecule has 1 aromatic rings. The summed E-state index contributed by atoms with van der Waals surface area (Å²) in [5.74, 6) is 1.03. The highest BCUT2D eigenvalue weighted by atomic mass is 32.1. The van der Waals surface area contributed by atoms with Gasteiger partial charge in [-0.05, 0) is 55.2 Å². The Bertz CT molecular complexity index is 330. The van der Waals surface area contributed by atoms with Gasteiger partial charge in [0.25, 0.3) is 0 Å². The van der Waals surface area contributed by atoms with Crippen molar-refractivity contribution in [2.24, 2.45) is 5.41 Å². The van der Waals surface area contributed by atoms with Gasteiger partial charge in [0.15, 0.2) is 0 Å². The Kier molecular flexibility index (Phi) is 4.46. The van der Waals surface area contributed by atoms with E-state index in [1.165, 1.54) is 31.4 Å². The predicted molar refractivity (Wildman–Crippen MR) is 75.6 cm³/mol. The minimum Gasteiger partial charge on any atom is -0.305 e. The van der Waals surface area contributed by atoms with Crippen LogP contribution in [0.4, 0.5) is 0 Å². The van der Waals surface area contributed by atoms with Crippen molar-refractivity contribution < 1.29 is 0 Å². The van der Waals surface area contributed by atoms with Gasteiger partial charge in [-0.25, -0.2) is 0 Å². The number of hydrogen-bond donors (Lipinski definition) is 1. The molecule has 0 aliphatic heterocycles. The first kappa shape index (κ1) is 12.9. The Morgan fingerprint density at radius 1 is 1.35 bits per heavy atom. The van der Waals surface area contributed by atoms with E-state index in [4.69, 9.17) is 0 Å². The standard InChI is InChI=1S/C14H22N2S/c1-16(11-14(12-17)6-2-7-14)10-5-13-3-8-15-9-4-13/h3-4,8-9,17H,2,5-7,10-12H2,1H3. The summed E-state index contributed by atoms with van der Waals surface area (Å²) in [7, 11) is 2.23. The second-order valence-corrected chi connectivity index (χ2v) is 5.67. The monoisotopic (exact) mass is 250 g/mol. The lowest BCUT2D eigenvalue weighted by atomic mass is 9.70. The zero-order chi connectivity index (χ0) is 12.1. The Labute approximate surface area is 110 Å². The van der Waals surface area contributed by atoms with Crippen LogP contribution in [-0.2, 0) is 6.42 Å². The molecule has 0 unspecified atom stereocenters. The van der Waals surface area contributed by atoms with Crippen LogP contribution in [0.1, 0.15) is 24.8 Å². The number of nitrogens with zero attached hydrogens (tertiary/aromatic N) is 2. The molecule has 2 nitrogen and oxygen atoms in total. The SMILES string of the molecule is CN(CCc1ccncc1)CC1(CS)CCC1. The molecule has 0 N–H and O–H groups in total. The molecule has 1 aromatic heterocycles. The Hall–Kier alpha value is -0.540. The number of likely N-dealkylation sites (N-methyl/N-ethyl adjacent to an activating group) is 1. The van der Waals surface area contributed by atoms with Crippen molar-refractivity contribution in [1.29, 1.82) is 0 Å². The highest BCUT2D eigenvalue weighted by molar-refractivity contribution is 7.80. The van der Waals surface area contributed by atoms with Crippen molar-refractivity contribution in [1.82, 2.24) is 9.88 Å². The molecule has 0 bridgehead atoms. The first-order chi connectivity index (χ1) is 8.24. The molecule has 0 amide bonds. The maximum Gasteiger partial charge on any atom is 0.0270 e. The van der Waals surface area contributed by atoms with Gasteiger partial charge in [-0.3, -0.25) is 4.98 Å². The molecule has 1 fully saturated rings. The zero-order valence-corrected chi connectivity index (χ0v) is 11.5. The third-order valence-electron chi connectivity index (χ3n) is 3.89. The number of aromatic nitrogens is 1. The van der Waals surface area contributed by atoms with E-state index in [1.54, 1.807) is 0 Å². The summed E-state index contributed by atoms with van der Waals surface area (Å²) in [6, 6.07) is 4.21. The minimum atomic E-state index is 0.510. The molecule has 0 atom stereocenters. The Balaban J connectivity index is 1.76. The molecule has 17 heavy (non-hydrogen) atoms. The molecule has 3 heteroatoms. The fourth-order valence-corrected chi connectivity index (χ4v) is 2.98. The third-order valence-corrected chi connectivity index (χ3v) is 4.56. The van der Waals surface area contributed by atoms with Gasteiger partial charge < -0.3 is 4.90 Å². The van der Waals surface area contributed by atoms with Gasteiger partial charge in [0.05, 0.1) is 0 Å². The van der Waals surface area contributed by atoms with Gasteiger partial charge in [-0.1, -0.05) is 6.42 Å². The second kappa shape index (κ2) is 5.87. The Morgan fingerprint density at radius 2 is 2.06 bits per heavy atom. The predicted octanol–water partition coefficient (Wildman–Crippen LogP) is 2.66. The molecule has 0 saturated heterocycles. The maximum atomic E-state index is 4.51. The fourth-order valence-electron chi connectivity index (χ4n) is 2.56. The van der Waals surface area contributed by atoms with Crippen LogP contribution in [0, 0.1) is 5.41 Å². The van der Waals surface area contributed by atoms with E-state index in [0.29, 0.717) is 5.41 Å². The minimum absolute atomic E-state index is 0.510. The van der Waals surface area contributed by atoms with E-state index in [0.717, 1.165) is 18.7 Å². The molecule has 1 aliphatic rings. The van der Waals surface area contributed by atoms with Crippen molar-refractivity contribution in [3.8, 4) is 0 Å². The number of thiol groups is 1. The van der Waals surface area contributed by atoms with Crippen LogP contribution in [0.15, 0.2) is 24.5 Å². The van der Waals surface area contributed by atoms with Crippen molar-refractivity contribution in [3.05, 3.63) is 30.1 Å². The van der Waals surface area contributed by atoms with E-state index in [2.05, 4.69) is 41.7 Å². The molecule has 1 aliphatic carbocycles. The topological polar surface area (TPSA) is 16.1 Å². The van der Waals surface area contributed by atoms with E-state index in [-0.39, 0.29) is 0 Å². The lowest BCUT2D eigenvalue weighted by molar-refractivity contribution is 0.106. The lowest BCUT2D eigenvalue weighted by Crippen LogP contribution is -2.42. The van der Waals surface area contributed by atoms with E-state index >= 15 is 0 Å². The van der Waals surface area contributed by atoms with Gasteiger partial charge in [0.2, 0.25) is 0 Å². The van der Waals surface area contributed by atoms with Crippen LogP contribution >= 0.6 is 12.6 Å². The molecular weight excluding hydrogens is 228 g/mol. The second-order valence-electron chi connectivity index (χ2n) is 5.35. The first-order valence-corrected chi connectivity index (χ1v) is 7.06. The van der Waals surface area contributed by atoms with Gasteiger partial charge in [-0.15, -0.1) is 0 Å². The van der Waals surface area contributed by atoms with E-state index in [1.807, 2.05) is 12.4 Å². The van der Waals surface area contributed by atoms with Crippen molar-refractivity contribution in [2.45, 2.75) is 25.7 Å². The highest BCUT2D eigenvalue weighted by Gasteiger charge is 2.36. The molecular formula is C14H22N2S. The lowest BCUT2D eigenvalue weighted by Gasteiger charge is -2.43. The normalized spacial score (nSPS) is 18.1. The summed E-state index contributed by atoms with van der Waals surface area (Å²) in [6.07, 6.45) is 8.96. The first-order valence-electron chi connectivity index (χ1n) is 6.42. The molecule has 0 aromatic carbocycles. The van der Waals surface area contributed by atoms with Gasteiger partial charge in [-0.2, -0.15) is 12.6 Å². The maximum absolute atomic E-state index is 4.51. The summed E-state index contributed by atoms with van der Waals surface area (Å²) in [4.78, 5) is 6.50. The van der Waals surface area contributed by atoms with Crippen LogP contribution in [0.5, 0.6) is 0 Å². The van der Waals surface area contributed by atoms with Gasteiger partial charge in [0.1, 0.15) is 0 Å². The molecule has 2 rings (SSSR count). The summed E-state index contributed by atoms with van der Waals surface area (Å²) in [5.41, 5.74) is 1.89. The van der Waals surface area contributed by atoms with Crippen LogP contribution in [0.2, 0.25) is 0 Å².